The molecule has 14 heavy (non-hydrogen) atoms. The Labute approximate surface area is 87.3 Å². The zero-order valence-electron chi connectivity index (χ0n) is 9.50. The lowest BCUT2D eigenvalue weighted by Gasteiger charge is -2.43. The molecule has 1 aliphatic heterocycles. The summed E-state index contributed by atoms with van der Waals surface area (Å²) in [5.74, 6) is 1.73. The van der Waals surface area contributed by atoms with Crippen molar-refractivity contribution in [2.75, 3.05) is 26.2 Å². The highest BCUT2D eigenvalue weighted by atomic mass is 16.3. The molecule has 0 aromatic carbocycles. The number of rotatable bonds is 3. The van der Waals surface area contributed by atoms with Gasteiger partial charge < -0.3 is 10.0 Å². The minimum Gasteiger partial charge on any atom is -0.395 e. The molecule has 2 aliphatic rings. The van der Waals surface area contributed by atoms with Crippen LogP contribution in [0.3, 0.4) is 0 Å². The Hall–Kier alpha value is -0.0800. The topological polar surface area (TPSA) is 23.5 Å². The van der Waals surface area contributed by atoms with Gasteiger partial charge in [-0.3, -0.25) is 0 Å². The molecule has 1 spiro atoms. The van der Waals surface area contributed by atoms with Gasteiger partial charge in [-0.05, 0) is 30.1 Å². The fourth-order valence-corrected chi connectivity index (χ4v) is 3.44. The van der Waals surface area contributed by atoms with Crippen molar-refractivity contribution in [2.24, 2.45) is 17.3 Å². The molecule has 2 atom stereocenters. The first-order chi connectivity index (χ1) is 6.73. The van der Waals surface area contributed by atoms with Gasteiger partial charge in [0, 0.05) is 19.6 Å². The van der Waals surface area contributed by atoms with E-state index in [1.807, 2.05) is 0 Å². The molecule has 1 N–H and O–H groups in total. The summed E-state index contributed by atoms with van der Waals surface area (Å²) in [4.78, 5) is 2.45. The van der Waals surface area contributed by atoms with Crippen molar-refractivity contribution in [1.29, 1.82) is 0 Å². The summed E-state index contributed by atoms with van der Waals surface area (Å²) in [5, 5.41) is 8.97. The Morgan fingerprint density at radius 1 is 1.36 bits per heavy atom. The maximum absolute atomic E-state index is 8.97. The van der Waals surface area contributed by atoms with Crippen molar-refractivity contribution in [1.82, 2.24) is 4.90 Å². The lowest BCUT2D eigenvalue weighted by Crippen LogP contribution is -2.47. The van der Waals surface area contributed by atoms with Gasteiger partial charge >= 0.3 is 0 Å². The van der Waals surface area contributed by atoms with Gasteiger partial charge in [0.1, 0.15) is 0 Å². The summed E-state index contributed by atoms with van der Waals surface area (Å²) in [6, 6.07) is 0. The second-order valence-corrected chi connectivity index (χ2v) is 5.22. The molecule has 2 nitrogen and oxygen atoms in total. The van der Waals surface area contributed by atoms with Crippen LogP contribution in [0, 0.1) is 17.3 Å². The van der Waals surface area contributed by atoms with Crippen molar-refractivity contribution >= 4 is 0 Å². The first-order valence-electron chi connectivity index (χ1n) is 6.06. The van der Waals surface area contributed by atoms with Gasteiger partial charge in [-0.1, -0.05) is 20.3 Å². The lowest BCUT2D eigenvalue weighted by atomic mass is 9.74. The van der Waals surface area contributed by atoms with Crippen LogP contribution in [0.25, 0.3) is 0 Å². The summed E-state index contributed by atoms with van der Waals surface area (Å²) in [7, 11) is 0. The second-order valence-electron chi connectivity index (χ2n) is 5.22. The zero-order valence-corrected chi connectivity index (χ0v) is 9.50. The Morgan fingerprint density at radius 2 is 2.07 bits per heavy atom. The molecule has 0 aromatic rings. The first-order valence-corrected chi connectivity index (χ1v) is 6.06. The molecular formula is C12H23NO. The standard InChI is InChI=1S/C12H23NO/c1-3-11-9-13(6-7-14)8-10(2)12(11)4-5-12/h10-11,14H,3-9H2,1-2H3. The van der Waals surface area contributed by atoms with E-state index >= 15 is 0 Å². The lowest BCUT2D eigenvalue weighted by molar-refractivity contribution is 0.0402. The highest BCUT2D eigenvalue weighted by Gasteiger charge is 2.54. The number of nitrogens with zero attached hydrogens (tertiary/aromatic N) is 1. The molecule has 1 saturated heterocycles. The summed E-state index contributed by atoms with van der Waals surface area (Å²) >= 11 is 0. The van der Waals surface area contributed by atoms with E-state index < -0.39 is 0 Å². The number of piperidine rings is 1. The quantitative estimate of drug-likeness (QED) is 0.745. The molecule has 2 unspecified atom stereocenters. The van der Waals surface area contributed by atoms with Crippen LogP contribution in [0.1, 0.15) is 33.1 Å². The summed E-state index contributed by atoms with van der Waals surface area (Å²) in [5.41, 5.74) is 0.709. The maximum Gasteiger partial charge on any atom is 0.0558 e. The van der Waals surface area contributed by atoms with Crippen LogP contribution in [0.4, 0.5) is 0 Å². The summed E-state index contributed by atoms with van der Waals surface area (Å²) in [6.45, 7) is 8.34. The van der Waals surface area contributed by atoms with Crippen LogP contribution in [-0.4, -0.2) is 36.2 Å². The minimum absolute atomic E-state index is 0.316. The van der Waals surface area contributed by atoms with Gasteiger partial charge in [0.2, 0.25) is 0 Å². The van der Waals surface area contributed by atoms with Crippen LogP contribution >= 0.6 is 0 Å². The molecule has 0 aromatic heterocycles. The third kappa shape index (κ3) is 1.59. The number of hydrogen-bond donors (Lipinski definition) is 1. The molecule has 2 fully saturated rings. The third-order valence-corrected chi connectivity index (χ3v) is 4.54. The largest absolute Gasteiger partial charge is 0.395 e. The van der Waals surface area contributed by atoms with Crippen LogP contribution in [0.5, 0.6) is 0 Å². The number of aliphatic hydroxyl groups excluding tert-OH is 1. The molecule has 0 bridgehead atoms. The van der Waals surface area contributed by atoms with E-state index in [4.69, 9.17) is 5.11 Å². The van der Waals surface area contributed by atoms with Crippen molar-refractivity contribution < 1.29 is 5.11 Å². The van der Waals surface area contributed by atoms with Crippen molar-refractivity contribution in [3.05, 3.63) is 0 Å². The van der Waals surface area contributed by atoms with E-state index in [-0.39, 0.29) is 0 Å². The minimum atomic E-state index is 0.316. The molecule has 82 valence electrons. The molecule has 0 radical (unpaired) electrons. The van der Waals surface area contributed by atoms with E-state index in [0.29, 0.717) is 12.0 Å². The molecular weight excluding hydrogens is 174 g/mol. The van der Waals surface area contributed by atoms with Gasteiger partial charge in [0.25, 0.3) is 0 Å². The van der Waals surface area contributed by atoms with Crippen LogP contribution in [-0.2, 0) is 0 Å². The number of hydrogen-bond acceptors (Lipinski definition) is 2. The number of likely N-dealkylation sites (tertiary alicyclic amines) is 1. The van der Waals surface area contributed by atoms with Crippen molar-refractivity contribution in [2.45, 2.75) is 33.1 Å². The monoisotopic (exact) mass is 197 g/mol. The first kappa shape index (κ1) is 10.4. The van der Waals surface area contributed by atoms with Gasteiger partial charge in [0.05, 0.1) is 6.61 Å². The molecule has 0 amide bonds. The van der Waals surface area contributed by atoms with E-state index in [1.54, 1.807) is 0 Å². The molecule has 2 rings (SSSR count). The second kappa shape index (κ2) is 3.82. The summed E-state index contributed by atoms with van der Waals surface area (Å²) < 4.78 is 0. The molecule has 2 heteroatoms. The molecule has 1 heterocycles. The van der Waals surface area contributed by atoms with Gasteiger partial charge in [0.15, 0.2) is 0 Å². The average molecular weight is 197 g/mol. The Bertz CT molecular complexity index is 200. The summed E-state index contributed by atoms with van der Waals surface area (Å²) in [6.07, 6.45) is 4.23. The highest BCUT2D eigenvalue weighted by Crippen LogP contribution is 2.60. The van der Waals surface area contributed by atoms with Gasteiger partial charge in [-0.25, -0.2) is 0 Å². The fraction of sp³-hybridized carbons (Fsp3) is 1.00. The van der Waals surface area contributed by atoms with E-state index in [0.717, 1.165) is 18.4 Å². The third-order valence-electron chi connectivity index (χ3n) is 4.54. The van der Waals surface area contributed by atoms with Crippen LogP contribution in [0.2, 0.25) is 0 Å². The van der Waals surface area contributed by atoms with Crippen molar-refractivity contribution in [3.63, 3.8) is 0 Å². The van der Waals surface area contributed by atoms with Crippen molar-refractivity contribution in [3.8, 4) is 0 Å². The Kier molecular flexibility index (Phi) is 2.85. The van der Waals surface area contributed by atoms with E-state index in [9.17, 15) is 0 Å². The predicted molar refractivity (Wildman–Crippen MR) is 58.1 cm³/mol. The molecule has 1 aliphatic carbocycles. The zero-order chi connectivity index (χ0) is 10.2. The predicted octanol–water partition coefficient (Wildman–Crippen LogP) is 1.74. The van der Waals surface area contributed by atoms with E-state index in [1.165, 1.54) is 32.4 Å². The number of aliphatic hydroxyl groups is 1. The smallest absolute Gasteiger partial charge is 0.0558 e. The van der Waals surface area contributed by atoms with Crippen LogP contribution in [0.15, 0.2) is 0 Å². The Balaban J connectivity index is 2.00. The van der Waals surface area contributed by atoms with Gasteiger partial charge in [-0.2, -0.15) is 0 Å². The SMILES string of the molecule is CCC1CN(CCO)CC(C)C12CC2. The number of β-amino-alcohol motifs (C(OH)–C–C–N with tert-alkyl or cyclic N) is 1. The fourth-order valence-electron chi connectivity index (χ4n) is 3.44. The average Bonchev–Trinajstić information content (AvgIpc) is 2.93. The normalized spacial score (nSPS) is 36.2. The maximum atomic E-state index is 8.97. The Morgan fingerprint density at radius 3 is 2.57 bits per heavy atom. The highest BCUT2D eigenvalue weighted by molar-refractivity contribution is 5.05. The molecule has 1 saturated carbocycles. The van der Waals surface area contributed by atoms with Gasteiger partial charge in [-0.15, -0.1) is 0 Å². The van der Waals surface area contributed by atoms with E-state index in [2.05, 4.69) is 18.7 Å². The van der Waals surface area contributed by atoms with Crippen LogP contribution < -0.4 is 0 Å².